The van der Waals surface area contributed by atoms with Gasteiger partial charge in [-0.05, 0) is 37.1 Å². The van der Waals surface area contributed by atoms with Crippen molar-refractivity contribution in [3.63, 3.8) is 0 Å². The Kier molecular flexibility index (Phi) is 4.02. The monoisotopic (exact) mass is 234 g/mol. The molecule has 1 fully saturated rings. The molecule has 0 spiro atoms. The normalized spacial score (nSPS) is 21.5. The molecule has 2 rings (SSSR count). The number of hydrogen-bond donors (Lipinski definition) is 1. The lowest BCUT2D eigenvalue weighted by atomic mass is 10.1. The van der Waals surface area contributed by atoms with E-state index in [9.17, 15) is 5.11 Å². The van der Waals surface area contributed by atoms with Crippen molar-refractivity contribution in [2.45, 2.75) is 25.5 Å². The highest BCUT2D eigenvalue weighted by Gasteiger charge is 2.17. The second-order valence-corrected chi connectivity index (χ2v) is 5.09. The lowest BCUT2D eigenvalue weighted by Gasteiger charge is -2.30. The summed E-state index contributed by atoms with van der Waals surface area (Å²) in [5, 5.41) is 9.63. The van der Waals surface area contributed by atoms with Gasteiger partial charge in [-0.2, -0.15) is 0 Å². The van der Waals surface area contributed by atoms with Crippen LogP contribution in [0.2, 0.25) is 0 Å². The number of piperidine rings is 1. The van der Waals surface area contributed by atoms with Crippen LogP contribution in [0.15, 0.2) is 24.3 Å². The van der Waals surface area contributed by atoms with Crippen molar-refractivity contribution in [2.75, 3.05) is 32.1 Å². The van der Waals surface area contributed by atoms with Crippen molar-refractivity contribution >= 4 is 5.69 Å². The first-order valence-electron chi connectivity index (χ1n) is 6.32. The lowest BCUT2D eigenvalue weighted by Crippen LogP contribution is -2.37. The molecule has 1 aliphatic rings. The van der Waals surface area contributed by atoms with Gasteiger partial charge >= 0.3 is 0 Å². The molecule has 0 unspecified atom stereocenters. The zero-order valence-electron chi connectivity index (χ0n) is 10.8. The lowest BCUT2D eigenvalue weighted by molar-refractivity contribution is 0.0668. The van der Waals surface area contributed by atoms with Gasteiger partial charge in [0.15, 0.2) is 0 Å². The van der Waals surface area contributed by atoms with E-state index in [1.54, 1.807) is 0 Å². The summed E-state index contributed by atoms with van der Waals surface area (Å²) < 4.78 is 0. The topological polar surface area (TPSA) is 26.7 Å². The number of nitrogens with zero attached hydrogens (tertiary/aromatic N) is 2. The molecule has 0 radical (unpaired) electrons. The van der Waals surface area contributed by atoms with Crippen LogP contribution in [0, 0.1) is 0 Å². The summed E-state index contributed by atoms with van der Waals surface area (Å²) in [7, 11) is 4.10. The van der Waals surface area contributed by atoms with E-state index in [2.05, 4.69) is 48.2 Å². The van der Waals surface area contributed by atoms with Crippen LogP contribution in [0.4, 0.5) is 5.69 Å². The van der Waals surface area contributed by atoms with E-state index in [0.717, 1.165) is 32.5 Å². The quantitative estimate of drug-likeness (QED) is 0.862. The van der Waals surface area contributed by atoms with Crippen LogP contribution < -0.4 is 4.90 Å². The van der Waals surface area contributed by atoms with Crippen LogP contribution in [-0.2, 0) is 6.54 Å². The van der Waals surface area contributed by atoms with E-state index in [-0.39, 0.29) is 6.10 Å². The number of aliphatic hydroxyl groups is 1. The molecule has 0 saturated carbocycles. The maximum atomic E-state index is 9.63. The molecule has 1 aliphatic heterocycles. The Morgan fingerprint density at radius 3 is 2.59 bits per heavy atom. The fraction of sp³-hybridized carbons (Fsp3) is 0.571. The molecule has 0 aliphatic carbocycles. The Balaban J connectivity index is 1.94. The molecule has 1 aromatic carbocycles. The first kappa shape index (κ1) is 12.4. The van der Waals surface area contributed by atoms with Gasteiger partial charge in [0.25, 0.3) is 0 Å². The summed E-state index contributed by atoms with van der Waals surface area (Å²) >= 11 is 0. The molecule has 0 amide bonds. The minimum absolute atomic E-state index is 0.134. The number of hydrogen-bond acceptors (Lipinski definition) is 3. The van der Waals surface area contributed by atoms with Crippen LogP contribution in [0.25, 0.3) is 0 Å². The number of benzene rings is 1. The predicted octanol–water partition coefficient (Wildman–Crippen LogP) is 1.71. The summed E-state index contributed by atoms with van der Waals surface area (Å²) in [5.74, 6) is 0. The van der Waals surface area contributed by atoms with Crippen LogP contribution in [-0.4, -0.2) is 43.3 Å². The first-order valence-corrected chi connectivity index (χ1v) is 6.32. The van der Waals surface area contributed by atoms with E-state index < -0.39 is 0 Å². The van der Waals surface area contributed by atoms with Gasteiger partial charge in [-0.1, -0.05) is 12.1 Å². The number of rotatable bonds is 3. The molecule has 1 saturated heterocycles. The van der Waals surface area contributed by atoms with E-state index in [0.29, 0.717) is 0 Å². The highest BCUT2D eigenvalue weighted by Crippen LogP contribution is 2.16. The van der Waals surface area contributed by atoms with Crippen molar-refractivity contribution in [3.05, 3.63) is 29.8 Å². The van der Waals surface area contributed by atoms with Gasteiger partial charge in [-0.25, -0.2) is 0 Å². The van der Waals surface area contributed by atoms with Gasteiger partial charge in [-0.3, -0.25) is 4.90 Å². The number of anilines is 1. The Hall–Kier alpha value is -1.06. The standard InChI is InChI=1S/C14H22N2O/c1-15(2)13-7-5-12(6-8-13)10-16-9-3-4-14(17)11-16/h5-8,14,17H,3-4,9-11H2,1-2H3/t14-/m1/s1. The van der Waals surface area contributed by atoms with Crippen molar-refractivity contribution in [3.8, 4) is 0 Å². The number of aliphatic hydroxyl groups excluding tert-OH is 1. The third kappa shape index (κ3) is 3.45. The zero-order valence-corrected chi connectivity index (χ0v) is 10.8. The molecule has 0 bridgehead atoms. The van der Waals surface area contributed by atoms with E-state index in [1.165, 1.54) is 11.3 Å². The van der Waals surface area contributed by atoms with E-state index in [1.807, 2.05) is 0 Å². The first-order chi connectivity index (χ1) is 8.15. The molecule has 94 valence electrons. The largest absolute Gasteiger partial charge is 0.392 e. The Morgan fingerprint density at radius 1 is 1.29 bits per heavy atom. The smallest absolute Gasteiger partial charge is 0.0667 e. The van der Waals surface area contributed by atoms with E-state index >= 15 is 0 Å². The van der Waals surface area contributed by atoms with E-state index in [4.69, 9.17) is 0 Å². The SMILES string of the molecule is CN(C)c1ccc(CN2CCC[C@@H](O)C2)cc1. The van der Waals surface area contributed by atoms with Crippen LogP contribution in [0.1, 0.15) is 18.4 Å². The number of β-amino-alcohol motifs (C(OH)–C–C–N with tert-alkyl or cyclic N) is 1. The zero-order chi connectivity index (χ0) is 12.3. The third-order valence-corrected chi connectivity index (χ3v) is 3.34. The third-order valence-electron chi connectivity index (χ3n) is 3.34. The molecule has 1 atom stereocenters. The second kappa shape index (κ2) is 5.52. The molecular formula is C14H22N2O. The predicted molar refractivity (Wildman–Crippen MR) is 71.3 cm³/mol. The Morgan fingerprint density at radius 2 is 2.00 bits per heavy atom. The van der Waals surface area contributed by atoms with Gasteiger partial charge in [0, 0.05) is 32.9 Å². The van der Waals surface area contributed by atoms with Crippen LogP contribution >= 0.6 is 0 Å². The molecule has 0 aromatic heterocycles. The molecule has 3 heteroatoms. The van der Waals surface area contributed by atoms with Gasteiger partial charge in [0.2, 0.25) is 0 Å². The van der Waals surface area contributed by atoms with Gasteiger partial charge < -0.3 is 10.0 Å². The Bertz CT molecular complexity index is 348. The maximum absolute atomic E-state index is 9.63. The minimum atomic E-state index is -0.134. The summed E-state index contributed by atoms with van der Waals surface area (Å²) in [6.07, 6.45) is 1.93. The fourth-order valence-electron chi connectivity index (χ4n) is 2.33. The Labute approximate surface area is 104 Å². The summed E-state index contributed by atoms with van der Waals surface area (Å²) in [4.78, 5) is 4.44. The van der Waals surface area contributed by atoms with Crippen molar-refractivity contribution in [1.29, 1.82) is 0 Å². The van der Waals surface area contributed by atoms with Crippen molar-refractivity contribution in [1.82, 2.24) is 4.90 Å². The van der Waals surface area contributed by atoms with Crippen LogP contribution in [0.3, 0.4) is 0 Å². The van der Waals surface area contributed by atoms with Crippen molar-refractivity contribution in [2.24, 2.45) is 0 Å². The molecule has 1 N–H and O–H groups in total. The highest BCUT2D eigenvalue weighted by molar-refractivity contribution is 5.45. The maximum Gasteiger partial charge on any atom is 0.0667 e. The molecule has 17 heavy (non-hydrogen) atoms. The molecular weight excluding hydrogens is 212 g/mol. The van der Waals surface area contributed by atoms with Crippen LogP contribution in [0.5, 0.6) is 0 Å². The summed E-state index contributed by atoms with van der Waals surface area (Å²) in [6.45, 7) is 2.87. The fourth-order valence-corrected chi connectivity index (χ4v) is 2.33. The molecule has 1 heterocycles. The molecule has 3 nitrogen and oxygen atoms in total. The average molecular weight is 234 g/mol. The number of likely N-dealkylation sites (tertiary alicyclic amines) is 1. The average Bonchev–Trinajstić information content (AvgIpc) is 2.29. The second-order valence-electron chi connectivity index (χ2n) is 5.09. The molecule has 1 aromatic rings. The van der Waals surface area contributed by atoms with Gasteiger partial charge in [-0.15, -0.1) is 0 Å². The van der Waals surface area contributed by atoms with Crippen molar-refractivity contribution < 1.29 is 5.11 Å². The summed E-state index contributed by atoms with van der Waals surface area (Å²) in [5.41, 5.74) is 2.55. The van der Waals surface area contributed by atoms with Gasteiger partial charge in [0.1, 0.15) is 0 Å². The highest BCUT2D eigenvalue weighted by atomic mass is 16.3. The minimum Gasteiger partial charge on any atom is -0.392 e. The van der Waals surface area contributed by atoms with Gasteiger partial charge in [0.05, 0.1) is 6.10 Å². The summed E-state index contributed by atoms with van der Waals surface area (Å²) in [6, 6.07) is 8.65.